The first-order valence-electron chi connectivity index (χ1n) is 6.73. The van der Waals surface area contributed by atoms with Gasteiger partial charge in [0.1, 0.15) is 0 Å². The lowest BCUT2D eigenvalue weighted by atomic mass is 9.87. The van der Waals surface area contributed by atoms with Crippen molar-refractivity contribution < 1.29 is 0 Å². The van der Waals surface area contributed by atoms with E-state index in [1.54, 1.807) is 0 Å². The van der Waals surface area contributed by atoms with Crippen molar-refractivity contribution in [2.45, 2.75) is 52.5 Å². The molecule has 1 unspecified atom stereocenters. The smallest absolute Gasteiger partial charge is 0.194 e. The highest BCUT2D eigenvalue weighted by atomic mass is 15.3. The second-order valence-electron chi connectivity index (χ2n) is 5.55. The number of hydrogen-bond acceptors (Lipinski definition) is 1. The van der Waals surface area contributed by atoms with Crippen LogP contribution < -0.4 is 5.32 Å². The second kappa shape index (κ2) is 4.64. The summed E-state index contributed by atoms with van der Waals surface area (Å²) in [5, 5.41) is 3.57. The fraction of sp³-hybridized carbons (Fsp3) is 0.923. The molecule has 0 radical (unpaired) electrons. The summed E-state index contributed by atoms with van der Waals surface area (Å²) in [6.07, 6.45) is 5.22. The van der Waals surface area contributed by atoms with Crippen LogP contribution in [0.3, 0.4) is 0 Å². The molecule has 3 heteroatoms. The molecule has 0 aromatic carbocycles. The Labute approximate surface area is 99.3 Å². The van der Waals surface area contributed by atoms with Gasteiger partial charge in [0, 0.05) is 25.7 Å². The van der Waals surface area contributed by atoms with E-state index in [9.17, 15) is 0 Å². The van der Waals surface area contributed by atoms with Crippen LogP contribution >= 0.6 is 0 Å². The molecule has 1 atom stereocenters. The molecule has 1 heterocycles. The highest BCUT2D eigenvalue weighted by Gasteiger charge is 2.35. The fourth-order valence-electron chi connectivity index (χ4n) is 2.29. The van der Waals surface area contributed by atoms with Crippen molar-refractivity contribution >= 4 is 5.96 Å². The van der Waals surface area contributed by atoms with E-state index < -0.39 is 0 Å². The van der Waals surface area contributed by atoms with Gasteiger partial charge in [-0.2, -0.15) is 0 Å². The Bertz CT molecular complexity index is 270. The summed E-state index contributed by atoms with van der Waals surface area (Å²) in [7, 11) is 0. The lowest BCUT2D eigenvalue weighted by molar-refractivity contribution is 0.322. The molecule has 2 fully saturated rings. The predicted octanol–water partition coefficient (Wildman–Crippen LogP) is 2.24. The first-order chi connectivity index (χ1) is 7.67. The second-order valence-corrected chi connectivity index (χ2v) is 5.55. The number of rotatable bonds is 3. The molecule has 92 valence electrons. The molecule has 0 bridgehead atoms. The molecule has 1 aliphatic carbocycles. The van der Waals surface area contributed by atoms with Crippen LogP contribution in [0.25, 0.3) is 0 Å². The van der Waals surface area contributed by atoms with Crippen molar-refractivity contribution in [2.24, 2.45) is 10.4 Å². The van der Waals surface area contributed by atoms with Crippen LogP contribution in [0.15, 0.2) is 4.99 Å². The van der Waals surface area contributed by atoms with Crippen molar-refractivity contribution in [3.63, 3.8) is 0 Å². The molecule has 0 spiro atoms. The van der Waals surface area contributed by atoms with Gasteiger partial charge in [-0.3, -0.25) is 4.99 Å². The van der Waals surface area contributed by atoms with Crippen molar-refractivity contribution in [1.82, 2.24) is 10.2 Å². The Morgan fingerprint density at radius 2 is 2.19 bits per heavy atom. The number of likely N-dealkylation sites (tertiary alicyclic amines) is 1. The van der Waals surface area contributed by atoms with Gasteiger partial charge in [-0.15, -0.1) is 0 Å². The Kier molecular flexibility index (Phi) is 3.41. The van der Waals surface area contributed by atoms with Crippen molar-refractivity contribution in [3.8, 4) is 0 Å². The summed E-state index contributed by atoms with van der Waals surface area (Å²) < 4.78 is 0. The van der Waals surface area contributed by atoms with Crippen LogP contribution in [-0.2, 0) is 0 Å². The lowest BCUT2D eigenvalue weighted by Gasteiger charge is -2.25. The number of nitrogens with zero attached hydrogens (tertiary/aromatic N) is 2. The van der Waals surface area contributed by atoms with Crippen LogP contribution in [0.2, 0.25) is 0 Å². The SMILES string of the molecule is CCN=C(NC1CC1)N1CCC(C)(CC)C1. The number of aliphatic imine (C=N–C) groups is 1. The maximum atomic E-state index is 4.62. The van der Waals surface area contributed by atoms with Crippen LogP contribution in [-0.4, -0.2) is 36.5 Å². The monoisotopic (exact) mass is 223 g/mol. The molecule has 1 saturated carbocycles. The summed E-state index contributed by atoms with van der Waals surface area (Å²) in [5.74, 6) is 1.15. The summed E-state index contributed by atoms with van der Waals surface area (Å²) in [6.45, 7) is 10.0. The molecule has 1 N–H and O–H groups in total. The molecule has 2 aliphatic rings. The highest BCUT2D eigenvalue weighted by Crippen LogP contribution is 2.33. The maximum absolute atomic E-state index is 4.62. The van der Waals surface area contributed by atoms with E-state index in [0.29, 0.717) is 11.5 Å². The first kappa shape index (κ1) is 11.7. The van der Waals surface area contributed by atoms with E-state index in [1.807, 2.05) is 0 Å². The third-order valence-electron chi connectivity index (χ3n) is 3.93. The number of guanidine groups is 1. The molecule has 1 aliphatic heterocycles. The average molecular weight is 223 g/mol. The Morgan fingerprint density at radius 1 is 1.44 bits per heavy atom. The largest absolute Gasteiger partial charge is 0.354 e. The van der Waals surface area contributed by atoms with Gasteiger partial charge in [-0.05, 0) is 38.0 Å². The molecular weight excluding hydrogens is 198 g/mol. The van der Waals surface area contributed by atoms with Gasteiger partial charge >= 0.3 is 0 Å². The van der Waals surface area contributed by atoms with Gasteiger partial charge in [0.2, 0.25) is 0 Å². The summed E-state index contributed by atoms with van der Waals surface area (Å²) in [5.41, 5.74) is 0.500. The summed E-state index contributed by atoms with van der Waals surface area (Å²) in [4.78, 5) is 7.07. The zero-order valence-electron chi connectivity index (χ0n) is 10.9. The fourth-order valence-corrected chi connectivity index (χ4v) is 2.29. The Hall–Kier alpha value is -0.730. The number of hydrogen-bond donors (Lipinski definition) is 1. The molecule has 0 aromatic rings. The summed E-state index contributed by atoms with van der Waals surface area (Å²) >= 11 is 0. The topological polar surface area (TPSA) is 27.6 Å². The van der Waals surface area contributed by atoms with Crippen LogP contribution in [0.1, 0.15) is 46.5 Å². The molecule has 1 saturated heterocycles. The predicted molar refractivity (Wildman–Crippen MR) is 68.7 cm³/mol. The van der Waals surface area contributed by atoms with Crippen LogP contribution in [0.4, 0.5) is 0 Å². The van der Waals surface area contributed by atoms with Crippen molar-refractivity contribution in [2.75, 3.05) is 19.6 Å². The molecule has 0 aromatic heterocycles. The van der Waals surface area contributed by atoms with E-state index in [4.69, 9.17) is 0 Å². The third kappa shape index (κ3) is 2.69. The third-order valence-corrected chi connectivity index (χ3v) is 3.93. The number of nitrogens with one attached hydrogen (secondary N) is 1. The quantitative estimate of drug-likeness (QED) is 0.587. The maximum Gasteiger partial charge on any atom is 0.194 e. The van der Waals surface area contributed by atoms with Crippen molar-refractivity contribution in [1.29, 1.82) is 0 Å². The Morgan fingerprint density at radius 3 is 2.69 bits per heavy atom. The molecule has 16 heavy (non-hydrogen) atoms. The van der Waals surface area contributed by atoms with E-state index in [2.05, 4.69) is 36.0 Å². The molecule has 0 amide bonds. The van der Waals surface area contributed by atoms with E-state index >= 15 is 0 Å². The Balaban J connectivity index is 1.96. The lowest BCUT2D eigenvalue weighted by Crippen LogP contribution is -2.42. The first-order valence-corrected chi connectivity index (χ1v) is 6.73. The van der Waals surface area contributed by atoms with Crippen molar-refractivity contribution in [3.05, 3.63) is 0 Å². The zero-order chi connectivity index (χ0) is 11.6. The standard InChI is InChI=1S/C13H25N3/c1-4-13(3)8-9-16(10-13)12(14-5-2)15-11-6-7-11/h11H,4-10H2,1-3H3,(H,14,15). The normalized spacial score (nSPS) is 30.9. The van der Waals surface area contributed by atoms with Gasteiger partial charge in [0.05, 0.1) is 0 Å². The van der Waals surface area contributed by atoms with Gasteiger partial charge in [-0.25, -0.2) is 0 Å². The minimum absolute atomic E-state index is 0.500. The minimum Gasteiger partial charge on any atom is -0.354 e. The zero-order valence-corrected chi connectivity index (χ0v) is 10.9. The van der Waals surface area contributed by atoms with E-state index in [1.165, 1.54) is 38.8 Å². The minimum atomic E-state index is 0.500. The molecular formula is C13H25N3. The van der Waals surface area contributed by atoms with Gasteiger partial charge in [0.25, 0.3) is 0 Å². The molecule has 2 rings (SSSR count). The molecule has 3 nitrogen and oxygen atoms in total. The van der Waals surface area contributed by atoms with Gasteiger partial charge < -0.3 is 10.2 Å². The van der Waals surface area contributed by atoms with E-state index in [-0.39, 0.29) is 0 Å². The summed E-state index contributed by atoms with van der Waals surface area (Å²) in [6, 6.07) is 0.707. The van der Waals surface area contributed by atoms with Gasteiger partial charge in [-0.1, -0.05) is 13.8 Å². The highest BCUT2D eigenvalue weighted by molar-refractivity contribution is 5.81. The van der Waals surface area contributed by atoms with Crippen LogP contribution in [0, 0.1) is 5.41 Å². The average Bonchev–Trinajstić information content (AvgIpc) is 3.00. The van der Waals surface area contributed by atoms with E-state index in [0.717, 1.165) is 12.5 Å². The van der Waals surface area contributed by atoms with Crippen LogP contribution in [0.5, 0.6) is 0 Å². The van der Waals surface area contributed by atoms with Gasteiger partial charge in [0.15, 0.2) is 5.96 Å².